The van der Waals surface area contributed by atoms with Gasteiger partial charge >= 0.3 is 6.03 Å². The fourth-order valence-corrected chi connectivity index (χ4v) is 2.70. The first-order valence-corrected chi connectivity index (χ1v) is 9.58. The fraction of sp³-hybridized carbons (Fsp3) is 0.333. The topological polar surface area (TPSA) is 88.7 Å². The molecule has 1 fully saturated rings. The number of anilines is 3. The Hall–Kier alpha value is -3.29. The minimum Gasteiger partial charge on any atom is -0.492 e. The van der Waals surface area contributed by atoms with Gasteiger partial charge in [0.1, 0.15) is 17.3 Å². The molecule has 0 bridgehead atoms. The highest BCUT2D eigenvalue weighted by atomic mass is 19.1. The van der Waals surface area contributed by atoms with Crippen molar-refractivity contribution in [2.75, 3.05) is 29.2 Å². The van der Waals surface area contributed by atoms with Gasteiger partial charge in [-0.05, 0) is 51.0 Å². The molecule has 154 valence electrons. The Balaban J connectivity index is 1.81. The van der Waals surface area contributed by atoms with Gasteiger partial charge in [0.25, 0.3) is 0 Å². The zero-order valence-corrected chi connectivity index (χ0v) is 16.4. The average molecular weight is 401 g/mol. The predicted octanol–water partition coefficient (Wildman–Crippen LogP) is 4.62. The SMILES string of the molecule is CCOc1cc(NC(=O)C2CC2)c(OCC)cc1NC(=O)Nc1ccc(F)cc1. The first kappa shape index (κ1) is 20.4. The molecule has 0 aromatic heterocycles. The summed E-state index contributed by atoms with van der Waals surface area (Å²) in [6.45, 7) is 4.41. The molecule has 1 aliphatic carbocycles. The lowest BCUT2D eigenvalue weighted by atomic mass is 10.2. The van der Waals surface area contributed by atoms with Crippen molar-refractivity contribution in [3.05, 3.63) is 42.2 Å². The van der Waals surface area contributed by atoms with E-state index >= 15 is 0 Å². The van der Waals surface area contributed by atoms with Crippen molar-refractivity contribution in [3.8, 4) is 11.5 Å². The molecule has 3 amide bonds. The molecule has 3 N–H and O–H groups in total. The number of urea groups is 1. The van der Waals surface area contributed by atoms with Gasteiger partial charge < -0.3 is 25.4 Å². The number of benzene rings is 2. The van der Waals surface area contributed by atoms with Gasteiger partial charge in [-0.3, -0.25) is 4.79 Å². The summed E-state index contributed by atoms with van der Waals surface area (Å²) in [5, 5.41) is 8.21. The van der Waals surface area contributed by atoms with Crippen LogP contribution in [0.25, 0.3) is 0 Å². The maximum Gasteiger partial charge on any atom is 0.323 e. The second kappa shape index (κ2) is 9.27. The van der Waals surface area contributed by atoms with E-state index in [-0.39, 0.29) is 17.6 Å². The van der Waals surface area contributed by atoms with Crippen LogP contribution in [0.3, 0.4) is 0 Å². The van der Waals surface area contributed by atoms with Crippen LogP contribution in [0.5, 0.6) is 11.5 Å². The Bertz CT molecular complexity index is 882. The van der Waals surface area contributed by atoms with E-state index in [4.69, 9.17) is 9.47 Å². The van der Waals surface area contributed by atoms with E-state index in [1.54, 1.807) is 12.1 Å². The summed E-state index contributed by atoms with van der Waals surface area (Å²) in [5.74, 6) is 0.431. The highest BCUT2D eigenvalue weighted by molar-refractivity contribution is 6.02. The van der Waals surface area contributed by atoms with Crippen LogP contribution in [0.2, 0.25) is 0 Å². The van der Waals surface area contributed by atoms with E-state index < -0.39 is 6.03 Å². The van der Waals surface area contributed by atoms with E-state index in [9.17, 15) is 14.0 Å². The van der Waals surface area contributed by atoms with Crippen molar-refractivity contribution in [1.29, 1.82) is 0 Å². The first-order valence-electron chi connectivity index (χ1n) is 9.58. The van der Waals surface area contributed by atoms with Crippen LogP contribution in [0.15, 0.2) is 36.4 Å². The standard InChI is InChI=1S/C21H24FN3O4/c1-3-28-18-12-17(25-21(27)23-15-9-7-14(22)8-10-15)19(29-4-2)11-16(18)24-20(26)13-5-6-13/h7-13H,3-6H2,1-2H3,(H,24,26)(H2,23,25,27). The first-order chi connectivity index (χ1) is 14.0. The van der Waals surface area contributed by atoms with Gasteiger partial charge in [0.15, 0.2) is 0 Å². The maximum atomic E-state index is 13.0. The van der Waals surface area contributed by atoms with Crippen LogP contribution in [-0.2, 0) is 4.79 Å². The van der Waals surface area contributed by atoms with Crippen molar-refractivity contribution < 1.29 is 23.5 Å². The summed E-state index contributed by atoms with van der Waals surface area (Å²) < 4.78 is 24.3. The zero-order valence-electron chi connectivity index (χ0n) is 16.4. The summed E-state index contributed by atoms with van der Waals surface area (Å²) in [6, 6.07) is 8.16. The highest BCUT2D eigenvalue weighted by Crippen LogP contribution is 2.38. The Labute approximate surface area is 168 Å². The van der Waals surface area contributed by atoms with Crippen LogP contribution < -0.4 is 25.4 Å². The van der Waals surface area contributed by atoms with E-state index in [0.717, 1.165) is 12.8 Å². The summed E-state index contributed by atoms with van der Waals surface area (Å²) in [6.07, 6.45) is 1.77. The number of hydrogen-bond donors (Lipinski definition) is 3. The number of amides is 3. The third kappa shape index (κ3) is 5.60. The molecule has 1 aliphatic rings. The minimum absolute atomic E-state index is 0.0410. The van der Waals surface area contributed by atoms with Gasteiger partial charge in [-0.2, -0.15) is 0 Å². The summed E-state index contributed by atoms with van der Waals surface area (Å²) in [4.78, 5) is 24.5. The molecular weight excluding hydrogens is 377 g/mol. The van der Waals surface area contributed by atoms with Gasteiger partial charge in [-0.15, -0.1) is 0 Å². The van der Waals surface area contributed by atoms with Gasteiger partial charge in [0.2, 0.25) is 5.91 Å². The van der Waals surface area contributed by atoms with Crippen LogP contribution in [0.4, 0.5) is 26.2 Å². The van der Waals surface area contributed by atoms with Crippen LogP contribution in [0.1, 0.15) is 26.7 Å². The second-order valence-corrected chi connectivity index (χ2v) is 6.56. The van der Waals surface area contributed by atoms with E-state index in [2.05, 4.69) is 16.0 Å². The summed E-state index contributed by atoms with van der Waals surface area (Å²) in [7, 11) is 0. The predicted molar refractivity (Wildman–Crippen MR) is 109 cm³/mol. The molecule has 3 rings (SSSR count). The lowest BCUT2D eigenvalue weighted by Gasteiger charge is -2.18. The number of ether oxygens (including phenoxy) is 2. The normalized spacial score (nSPS) is 12.8. The molecule has 0 unspecified atom stereocenters. The quantitative estimate of drug-likeness (QED) is 0.602. The number of carbonyl (C=O) groups excluding carboxylic acids is 2. The Morgan fingerprint density at radius 2 is 1.48 bits per heavy atom. The van der Waals surface area contributed by atoms with E-state index in [1.165, 1.54) is 24.3 Å². The van der Waals surface area contributed by atoms with Crippen molar-refractivity contribution in [2.24, 2.45) is 5.92 Å². The van der Waals surface area contributed by atoms with Crippen LogP contribution in [-0.4, -0.2) is 25.2 Å². The van der Waals surface area contributed by atoms with Gasteiger partial charge in [-0.25, -0.2) is 9.18 Å². The second-order valence-electron chi connectivity index (χ2n) is 6.56. The fourth-order valence-electron chi connectivity index (χ4n) is 2.70. The minimum atomic E-state index is -0.519. The average Bonchev–Trinajstić information content (AvgIpc) is 3.52. The molecule has 1 saturated carbocycles. The lowest BCUT2D eigenvalue weighted by molar-refractivity contribution is -0.117. The van der Waals surface area contributed by atoms with E-state index in [0.29, 0.717) is 41.8 Å². The number of nitrogens with one attached hydrogen (secondary N) is 3. The molecule has 0 atom stereocenters. The third-order valence-corrected chi connectivity index (χ3v) is 4.24. The molecule has 29 heavy (non-hydrogen) atoms. The molecule has 0 saturated heterocycles. The summed E-state index contributed by atoms with van der Waals surface area (Å²) >= 11 is 0. The van der Waals surface area contributed by atoms with Crippen LogP contribution >= 0.6 is 0 Å². The summed E-state index contributed by atoms with van der Waals surface area (Å²) in [5.41, 5.74) is 1.33. The molecule has 2 aromatic rings. The Kier molecular flexibility index (Phi) is 6.54. The van der Waals surface area contributed by atoms with Crippen molar-refractivity contribution in [2.45, 2.75) is 26.7 Å². The molecule has 7 nitrogen and oxygen atoms in total. The molecule has 2 aromatic carbocycles. The van der Waals surface area contributed by atoms with E-state index in [1.807, 2.05) is 13.8 Å². The molecule has 0 aliphatic heterocycles. The molecule has 0 spiro atoms. The Morgan fingerprint density at radius 3 is 2.00 bits per heavy atom. The monoisotopic (exact) mass is 401 g/mol. The maximum absolute atomic E-state index is 13.0. The zero-order chi connectivity index (χ0) is 20.8. The van der Waals surface area contributed by atoms with Crippen LogP contribution in [0, 0.1) is 11.7 Å². The van der Waals surface area contributed by atoms with Gasteiger partial charge in [0.05, 0.1) is 24.6 Å². The molecule has 0 radical (unpaired) electrons. The smallest absolute Gasteiger partial charge is 0.323 e. The number of halogens is 1. The van der Waals surface area contributed by atoms with Crippen molar-refractivity contribution >= 4 is 29.0 Å². The van der Waals surface area contributed by atoms with Crippen molar-refractivity contribution in [3.63, 3.8) is 0 Å². The molecular formula is C21H24FN3O4. The lowest BCUT2D eigenvalue weighted by Crippen LogP contribution is -2.20. The van der Waals surface area contributed by atoms with Gasteiger partial charge in [0, 0.05) is 23.7 Å². The number of hydrogen-bond acceptors (Lipinski definition) is 4. The Morgan fingerprint density at radius 1 is 0.931 bits per heavy atom. The number of carbonyl (C=O) groups is 2. The van der Waals surface area contributed by atoms with Crippen molar-refractivity contribution in [1.82, 2.24) is 0 Å². The molecule has 0 heterocycles. The number of rotatable bonds is 8. The highest BCUT2D eigenvalue weighted by Gasteiger charge is 2.30. The third-order valence-electron chi connectivity index (χ3n) is 4.24. The largest absolute Gasteiger partial charge is 0.492 e. The van der Waals surface area contributed by atoms with Gasteiger partial charge in [-0.1, -0.05) is 0 Å². The molecule has 8 heteroatoms.